The largest absolute Gasteiger partial charge is 0.378 e. The van der Waals surface area contributed by atoms with Crippen LogP contribution in [0.1, 0.15) is 12.5 Å². The zero-order chi connectivity index (χ0) is 17.7. The molecule has 1 amide bonds. The molecule has 1 atom stereocenters. The molecule has 25 heavy (non-hydrogen) atoms. The van der Waals surface area contributed by atoms with E-state index in [1.807, 2.05) is 54.6 Å². The van der Waals surface area contributed by atoms with Gasteiger partial charge in [-0.15, -0.1) is 0 Å². The maximum atomic E-state index is 12.9. The molecule has 1 fully saturated rings. The third-order valence-electron chi connectivity index (χ3n) is 4.65. The number of amides is 1. The Kier molecular flexibility index (Phi) is 5.36. The summed E-state index contributed by atoms with van der Waals surface area (Å²) in [6.07, 6.45) is 0. The Morgan fingerprint density at radius 1 is 1.12 bits per heavy atom. The lowest BCUT2D eigenvalue weighted by molar-refractivity contribution is -0.136. The van der Waals surface area contributed by atoms with Crippen molar-refractivity contribution in [1.82, 2.24) is 0 Å². The summed E-state index contributed by atoms with van der Waals surface area (Å²) in [5, 5.41) is 2.99. The molecule has 1 unspecified atom stereocenters. The number of hydrogen-bond acceptors (Lipinski definition) is 4. The SMILES string of the molecule is COC(C)(C(=O)Nc1cccc(N2CCOCC2)c1)c1ccccc1. The fraction of sp³-hybridized carbons (Fsp3) is 0.350. The van der Waals surface area contributed by atoms with Crippen molar-refractivity contribution in [3.63, 3.8) is 0 Å². The van der Waals surface area contributed by atoms with Crippen LogP contribution in [-0.4, -0.2) is 39.3 Å². The van der Waals surface area contributed by atoms with Gasteiger partial charge in [0.25, 0.3) is 5.91 Å². The van der Waals surface area contributed by atoms with Crippen molar-refractivity contribution in [2.24, 2.45) is 0 Å². The van der Waals surface area contributed by atoms with E-state index in [4.69, 9.17) is 9.47 Å². The Labute approximate surface area is 148 Å². The molecule has 3 rings (SSSR count). The molecule has 5 heteroatoms. The predicted octanol–water partition coefficient (Wildman–Crippen LogP) is 3.02. The summed E-state index contributed by atoms with van der Waals surface area (Å²) in [7, 11) is 1.55. The summed E-state index contributed by atoms with van der Waals surface area (Å²) < 4.78 is 11.0. The summed E-state index contributed by atoms with van der Waals surface area (Å²) in [5.74, 6) is -0.194. The second-order valence-electron chi connectivity index (χ2n) is 6.21. The molecule has 0 aromatic heterocycles. The molecule has 5 nitrogen and oxygen atoms in total. The number of nitrogens with zero attached hydrogens (tertiary/aromatic N) is 1. The van der Waals surface area contributed by atoms with E-state index < -0.39 is 5.60 Å². The smallest absolute Gasteiger partial charge is 0.260 e. The van der Waals surface area contributed by atoms with Crippen molar-refractivity contribution in [3.8, 4) is 0 Å². The predicted molar refractivity (Wildman–Crippen MR) is 98.9 cm³/mol. The molecule has 2 aromatic carbocycles. The highest BCUT2D eigenvalue weighted by Crippen LogP contribution is 2.27. The molecule has 0 aliphatic carbocycles. The van der Waals surface area contributed by atoms with Crippen molar-refractivity contribution in [2.45, 2.75) is 12.5 Å². The van der Waals surface area contributed by atoms with Gasteiger partial charge in [0.1, 0.15) is 0 Å². The highest BCUT2D eigenvalue weighted by molar-refractivity contribution is 5.98. The molecule has 2 aromatic rings. The molecule has 0 bridgehead atoms. The first-order valence-corrected chi connectivity index (χ1v) is 8.48. The fourth-order valence-electron chi connectivity index (χ4n) is 2.95. The molecular formula is C20H24N2O3. The minimum atomic E-state index is -1.05. The van der Waals surface area contributed by atoms with Crippen LogP contribution < -0.4 is 10.2 Å². The van der Waals surface area contributed by atoms with Crippen molar-refractivity contribution >= 4 is 17.3 Å². The van der Waals surface area contributed by atoms with Crippen LogP contribution in [0.25, 0.3) is 0 Å². The van der Waals surface area contributed by atoms with Gasteiger partial charge in [-0.1, -0.05) is 36.4 Å². The lowest BCUT2D eigenvalue weighted by atomic mass is 9.94. The van der Waals surface area contributed by atoms with E-state index in [-0.39, 0.29) is 5.91 Å². The quantitative estimate of drug-likeness (QED) is 0.909. The highest BCUT2D eigenvalue weighted by Gasteiger charge is 2.35. The Balaban J connectivity index is 1.78. The highest BCUT2D eigenvalue weighted by atomic mass is 16.5. The van der Waals surface area contributed by atoms with Crippen molar-refractivity contribution in [3.05, 3.63) is 60.2 Å². The zero-order valence-electron chi connectivity index (χ0n) is 14.7. The number of benzene rings is 2. The Morgan fingerprint density at radius 2 is 1.84 bits per heavy atom. The van der Waals surface area contributed by atoms with E-state index in [1.165, 1.54) is 0 Å². The van der Waals surface area contributed by atoms with Crippen LogP contribution >= 0.6 is 0 Å². The van der Waals surface area contributed by atoms with E-state index in [1.54, 1.807) is 14.0 Å². The van der Waals surface area contributed by atoms with Gasteiger partial charge in [0, 0.05) is 31.6 Å². The van der Waals surface area contributed by atoms with E-state index >= 15 is 0 Å². The van der Waals surface area contributed by atoms with Gasteiger partial charge >= 0.3 is 0 Å². The number of hydrogen-bond donors (Lipinski definition) is 1. The Hall–Kier alpha value is -2.37. The number of carbonyl (C=O) groups is 1. The third kappa shape index (κ3) is 3.83. The van der Waals surface area contributed by atoms with E-state index in [0.29, 0.717) is 0 Å². The third-order valence-corrected chi connectivity index (χ3v) is 4.65. The van der Waals surface area contributed by atoms with Crippen LogP contribution in [0.15, 0.2) is 54.6 Å². The molecule has 1 saturated heterocycles. The van der Waals surface area contributed by atoms with Crippen LogP contribution in [0, 0.1) is 0 Å². The van der Waals surface area contributed by atoms with Gasteiger partial charge in [-0.05, 0) is 30.7 Å². The molecule has 1 aliphatic heterocycles. The molecular weight excluding hydrogens is 316 g/mol. The monoisotopic (exact) mass is 340 g/mol. The number of methoxy groups -OCH3 is 1. The van der Waals surface area contributed by atoms with E-state index in [0.717, 1.165) is 43.2 Å². The minimum absolute atomic E-state index is 0.194. The van der Waals surface area contributed by atoms with Crippen LogP contribution in [0.2, 0.25) is 0 Å². The first kappa shape index (κ1) is 17.5. The number of morpholine rings is 1. The maximum absolute atomic E-state index is 12.9. The molecule has 0 saturated carbocycles. The topological polar surface area (TPSA) is 50.8 Å². The Bertz CT molecular complexity index is 714. The van der Waals surface area contributed by atoms with Gasteiger partial charge in [-0.2, -0.15) is 0 Å². The average Bonchev–Trinajstić information content (AvgIpc) is 2.69. The van der Waals surface area contributed by atoms with E-state index in [2.05, 4.69) is 10.2 Å². The summed E-state index contributed by atoms with van der Waals surface area (Å²) in [6, 6.07) is 17.4. The summed E-state index contributed by atoms with van der Waals surface area (Å²) in [4.78, 5) is 15.1. The molecule has 1 aliphatic rings. The molecule has 1 N–H and O–H groups in total. The maximum Gasteiger partial charge on any atom is 0.260 e. The van der Waals surface area contributed by atoms with Crippen molar-refractivity contribution in [2.75, 3.05) is 43.6 Å². The summed E-state index contributed by atoms with van der Waals surface area (Å²) in [6.45, 7) is 4.95. The number of ether oxygens (including phenoxy) is 2. The van der Waals surface area contributed by atoms with Crippen LogP contribution in [0.4, 0.5) is 11.4 Å². The molecule has 0 radical (unpaired) electrons. The number of carbonyl (C=O) groups excluding carboxylic acids is 1. The number of anilines is 2. The van der Waals surface area contributed by atoms with Crippen LogP contribution in [0.5, 0.6) is 0 Å². The second kappa shape index (κ2) is 7.68. The molecule has 132 valence electrons. The van der Waals surface area contributed by atoms with Crippen molar-refractivity contribution in [1.29, 1.82) is 0 Å². The number of rotatable bonds is 5. The lowest BCUT2D eigenvalue weighted by Gasteiger charge is -2.30. The van der Waals surface area contributed by atoms with Gasteiger partial charge in [0.05, 0.1) is 13.2 Å². The zero-order valence-corrected chi connectivity index (χ0v) is 14.7. The minimum Gasteiger partial charge on any atom is -0.378 e. The van der Waals surface area contributed by atoms with Crippen LogP contribution in [0.3, 0.4) is 0 Å². The summed E-state index contributed by atoms with van der Waals surface area (Å²) in [5.41, 5.74) is 1.61. The van der Waals surface area contributed by atoms with Crippen molar-refractivity contribution < 1.29 is 14.3 Å². The van der Waals surface area contributed by atoms with Gasteiger partial charge in [-0.3, -0.25) is 4.79 Å². The fourth-order valence-corrected chi connectivity index (χ4v) is 2.95. The van der Waals surface area contributed by atoms with Gasteiger partial charge in [-0.25, -0.2) is 0 Å². The van der Waals surface area contributed by atoms with Crippen LogP contribution in [-0.2, 0) is 19.9 Å². The summed E-state index contributed by atoms with van der Waals surface area (Å²) >= 11 is 0. The van der Waals surface area contributed by atoms with Gasteiger partial charge < -0.3 is 19.7 Å². The standard InChI is InChI=1S/C20H24N2O3/c1-20(24-2,16-7-4-3-5-8-16)19(23)21-17-9-6-10-18(15-17)22-11-13-25-14-12-22/h3-10,15H,11-14H2,1-2H3,(H,21,23). The van der Waals surface area contributed by atoms with Gasteiger partial charge in [0.2, 0.25) is 0 Å². The first-order chi connectivity index (χ1) is 12.1. The molecule has 1 heterocycles. The first-order valence-electron chi connectivity index (χ1n) is 8.48. The second-order valence-corrected chi connectivity index (χ2v) is 6.21. The normalized spacial score (nSPS) is 17.0. The Morgan fingerprint density at radius 3 is 2.52 bits per heavy atom. The molecule has 0 spiro atoms. The number of nitrogens with one attached hydrogen (secondary N) is 1. The lowest BCUT2D eigenvalue weighted by Crippen LogP contribution is -2.39. The van der Waals surface area contributed by atoms with E-state index in [9.17, 15) is 4.79 Å². The van der Waals surface area contributed by atoms with Gasteiger partial charge in [0.15, 0.2) is 5.60 Å². The average molecular weight is 340 g/mol.